The highest BCUT2D eigenvalue weighted by Gasteiger charge is 2.75. The third kappa shape index (κ3) is 1.24. The molecule has 1 saturated carbocycles. The van der Waals surface area contributed by atoms with Gasteiger partial charge in [0.05, 0.1) is 11.5 Å². The first-order valence-electron chi connectivity index (χ1n) is 8.06. The number of hydrogen-bond acceptors (Lipinski definition) is 6. The number of ether oxygens (including phenoxy) is 1. The van der Waals surface area contributed by atoms with Crippen LogP contribution in [0, 0.1) is 0 Å². The van der Waals surface area contributed by atoms with Crippen LogP contribution in [0.3, 0.4) is 0 Å². The van der Waals surface area contributed by atoms with Gasteiger partial charge in [-0.15, -0.1) is 0 Å². The molecule has 4 aliphatic rings. The molecule has 6 nitrogen and oxygen atoms in total. The van der Waals surface area contributed by atoms with Crippen LogP contribution >= 0.6 is 0 Å². The van der Waals surface area contributed by atoms with Crippen molar-refractivity contribution in [1.29, 1.82) is 0 Å². The lowest BCUT2D eigenvalue weighted by atomic mass is 9.48. The van der Waals surface area contributed by atoms with E-state index in [1.807, 2.05) is 13.1 Å². The van der Waals surface area contributed by atoms with Gasteiger partial charge in [-0.1, -0.05) is 6.07 Å². The molecule has 0 unspecified atom stereocenters. The van der Waals surface area contributed by atoms with E-state index in [1.54, 1.807) is 6.07 Å². The smallest absolute Gasteiger partial charge is 0.177 e. The van der Waals surface area contributed by atoms with Crippen LogP contribution in [0.1, 0.15) is 24.0 Å². The van der Waals surface area contributed by atoms with Gasteiger partial charge < -0.3 is 25.0 Å². The molecular weight excluding hydrogens is 298 g/mol. The molecule has 1 aromatic rings. The minimum Gasteiger partial charge on any atom is -0.504 e. The molecule has 6 heteroatoms. The highest BCUT2D eigenvalue weighted by atomic mass is 16.5. The number of nitrogens with zero attached hydrogens (tertiary/aromatic N) is 1. The molecule has 1 saturated heterocycles. The number of hydrogen-bond donors (Lipinski definition) is 3. The number of ketones is 1. The first-order valence-corrected chi connectivity index (χ1v) is 8.06. The van der Waals surface area contributed by atoms with Crippen LogP contribution < -0.4 is 4.74 Å². The maximum atomic E-state index is 12.6. The number of phenols is 1. The topological polar surface area (TPSA) is 90.2 Å². The molecule has 2 heterocycles. The third-order valence-corrected chi connectivity index (χ3v) is 6.57. The zero-order valence-corrected chi connectivity index (χ0v) is 12.8. The zero-order valence-electron chi connectivity index (χ0n) is 12.8. The molecule has 0 amide bonds. The number of likely N-dealkylation sites (N-methyl/N-ethyl adjacent to an activating group) is 1. The molecule has 5 rings (SSSR count). The lowest BCUT2D eigenvalue weighted by molar-refractivity contribution is -0.226. The van der Waals surface area contributed by atoms with Gasteiger partial charge in [0.1, 0.15) is 5.60 Å². The second-order valence-corrected chi connectivity index (χ2v) is 7.38. The Bertz CT molecular complexity index is 749. The van der Waals surface area contributed by atoms with Crippen molar-refractivity contribution in [1.82, 2.24) is 4.90 Å². The van der Waals surface area contributed by atoms with Crippen LogP contribution in [0.4, 0.5) is 0 Å². The average molecular weight is 317 g/mol. The fraction of sp³-hybridized carbons (Fsp3) is 0.588. The van der Waals surface area contributed by atoms with E-state index < -0.39 is 23.2 Å². The van der Waals surface area contributed by atoms with Crippen LogP contribution in [0.2, 0.25) is 0 Å². The Morgan fingerprint density at radius 1 is 1.35 bits per heavy atom. The standard InChI is InChI=1S/C17H19NO5/c1-18-5-4-16-13-8-2-3-9(19)14(13)23-15(16)10(20)7-12(21)17(16,22)11(18)6-8/h2-3,11-12,15,19,21-22H,4-7H2,1H3/t11-,12-,15+,16+,17+/m1/s1. The Balaban J connectivity index is 1.89. The molecule has 2 aliphatic heterocycles. The number of carbonyl (C=O) groups excluding carboxylic acids is 1. The van der Waals surface area contributed by atoms with Gasteiger partial charge in [-0.2, -0.15) is 0 Å². The predicted octanol–water partition coefficient (Wildman–Crippen LogP) is -0.284. The van der Waals surface area contributed by atoms with Crippen molar-refractivity contribution in [2.75, 3.05) is 13.6 Å². The predicted molar refractivity (Wildman–Crippen MR) is 79.5 cm³/mol. The number of phenolic OH excluding ortho intramolecular Hbond substituents is 1. The van der Waals surface area contributed by atoms with Crippen LogP contribution in [0.25, 0.3) is 0 Å². The van der Waals surface area contributed by atoms with E-state index in [-0.39, 0.29) is 24.0 Å². The molecule has 2 fully saturated rings. The fourth-order valence-electron chi connectivity index (χ4n) is 5.58. The van der Waals surface area contributed by atoms with Crippen molar-refractivity contribution in [2.45, 2.75) is 48.5 Å². The lowest BCUT2D eigenvalue weighted by Crippen LogP contribution is -2.80. The number of Topliss-reactive ketones (excluding diaryl/α,β-unsaturated/α-hetero) is 1. The van der Waals surface area contributed by atoms with Crippen molar-refractivity contribution in [3.63, 3.8) is 0 Å². The molecule has 122 valence electrons. The monoisotopic (exact) mass is 317 g/mol. The molecular formula is C17H19NO5. The van der Waals surface area contributed by atoms with Crippen molar-refractivity contribution in [3.05, 3.63) is 23.3 Å². The summed E-state index contributed by atoms with van der Waals surface area (Å²) < 4.78 is 5.88. The Morgan fingerprint density at radius 2 is 2.13 bits per heavy atom. The van der Waals surface area contributed by atoms with Crippen LogP contribution in [0.15, 0.2) is 12.1 Å². The lowest BCUT2D eigenvalue weighted by Gasteiger charge is -2.63. The van der Waals surface area contributed by atoms with Gasteiger partial charge in [0.15, 0.2) is 23.4 Å². The minimum absolute atomic E-state index is 0.00505. The Hall–Kier alpha value is -1.63. The van der Waals surface area contributed by atoms with E-state index >= 15 is 0 Å². The highest BCUT2D eigenvalue weighted by molar-refractivity contribution is 5.90. The van der Waals surface area contributed by atoms with Crippen molar-refractivity contribution in [2.24, 2.45) is 0 Å². The summed E-state index contributed by atoms with van der Waals surface area (Å²) in [5.74, 6) is 0.111. The number of aliphatic hydroxyl groups is 2. The quantitative estimate of drug-likeness (QED) is 0.609. The number of rotatable bonds is 0. The number of likely N-dealkylation sites (tertiary alicyclic amines) is 1. The number of aromatic hydroxyl groups is 1. The second-order valence-electron chi connectivity index (χ2n) is 7.38. The van der Waals surface area contributed by atoms with Crippen LogP contribution in [-0.4, -0.2) is 63.4 Å². The molecule has 1 spiro atoms. The van der Waals surface area contributed by atoms with E-state index in [4.69, 9.17) is 4.74 Å². The molecule has 2 aliphatic carbocycles. The van der Waals surface area contributed by atoms with Crippen LogP contribution in [0.5, 0.6) is 11.5 Å². The summed E-state index contributed by atoms with van der Waals surface area (Å²) in [6.45, 7) is 0.710. The van der Waals surface area contributed by atoms with E-state index in [2.05, 4.69) is 4.90 Å². The number of carbonyl (C=O) groups is 1. The number of aliphatic hydroxyl groups excluding tert-OH is 1. The van der Waals surface area contributed by atoms with E-state index in [1.165, 1.54) is 0 Å². The fourth-order valence-corrected chi connectivity index (χ4v) is 5.58. The molecule has 5 atom stereocenters. The molecule has 0 aromatic heterocycles. The van der Waals surface area contributed by atoms with Gasteiger partial charge in [0.25, 0.3) is 0 Å². The SMILES string of the molecule is CN1CC[C@]23c4c5ccc(O)c4O[C@H]2C(=O)C[C@@H](O)[C@@]3(O)[C@H]1C5. The summed E-state index contributed by atoms with van der Waals surface area (Å²) in [4.78, 5) is 14.6. The van der Waals surface area contributed by atoms with Gasteiger partial charge in [0, 0.05) is 18.0 Å². The van der Waals surface area contributed by atoms with E-state index in [9.17, 15) is 20.1 Å². The number of piperidine rings is 1. The van der Waals surface area contributed by atoms with Crippen molar-refractivity contribution in [3.8, 4) is 11.5 Å². The van der Waals surface area contributed by atoms with E-state index in [0.717, 1.165) is 11.1 Å². The molecule has 0 radical (unpaired) electrons. The summed E-state index contributed by atoms with van der Waals surface area (Å²) in [6.07, 6.45) is -0.970. The molecule has 1 aromatic carbocycles. The van der Waals surface area contributed by atoms with Crippen molar-refractivity contribution < 1.29 is 24.9 Å². The van der Waals surface area contributed by atoms with Gasteiger partial charge >= 0.3 is 0 Å². The molecule has 2 bridgehead atoms. The number of benzene rings is 1. The summed E-state index contributed by atoms with van der Waals surface area (Å²) in [5.41, 5.74) is -0.671. The summed E-state index contributed by atoms with van der Waals surface area (Å²) in [6, 6.07) is 3.16. The maximum Gasteiger partial charge on any atom is 0.177 e. The zero-order chi connectivity index (χ0) is 16.1. The summed E-state index contributed by atoms with van der Waals surface area (Å²) in [7, 11) is 1.94. The van der Waals surface area contributed by atoms with Gasteiger partial charge in [0.2, 0.25) is 0 Å². The molecule has 3 N–H and O–H groups in total. The second kappa shape index (κ2) is 3.88. The van der Waals surface area contributed by atoms with Gasteiger partial charge in [-0.25, -0.2) is 0 Å². The summed E-state index contributed by atoms with van der Waals surface area (Å²) >= 11 is 0. The van der Waals surface area contributed by atoms with Gasteiger partial charge in [-0.05, 0) is 38.1 Å². The first kappa shape index (κ1) is 13.8. The Labute approximate surface area is 133 Å². The van der Waals surface area contributed by atoms with Crippen molar-refractivity contribution >= 4 is 5.78 Å². The van der Waals surface area contributed by atoms with Gasteiger partial charge in [-0.3, -0.25) is 4.79 Å². The largest absolute Gasteiger partial charge is 0.504 e. The Kier molecular flexibility index (Phi) is 2.33. The normalized spacial score (nSPS) is 44.0. The highest BCUT2D eigenvalue weighted by Crippen LogP contribution is 2.64. The minimum atomic E-state index is -1.44. The van der Waals surface area contributed by atoms with Crippen LogP contribution in [-0.2, 0) is 16.6 Å². The Morgan fingerprint density at radius 3 is 2.91 bits per heavy atom. The summed E-state index contributed by atoms with van der Waals surface area (Å²) in [5, 5.41) is 32.5. The first-order chi connectivity index (χ1) is 10.9. The third-order valence-electron chi connectivity index (χ3n) is 6.57. The maximum absolute atomic E-state index is 12.6. The van der Waals surface area contributed by atoms with E-state index in [0.29, 0.717) is 25.1 Å². The average Bonchev–Trinajstić information content (AvgIpc) is 2.86. The molecule has 23 heavy (non-hydrogen) atoms.